The number of imidazole rings is 1. The van der Waals surface area contributed by atoms with E-state index < -0.39 is 35.7 Å². The molecule has 3 aliphatic rings. The zero-order chi connectivity index (χ0) is 47.3. The maximum atomic E-state index is 16.8. The highest BCUT2D eigenvalue weighted by molar-refractivity contribution is 7.80. The highest BCUT2D eigenvalue weighted by atomic mass is 31.2. The predicted octanol–water partition coefficient (Wildman–Crippen LogP) is 8.45. The Morgan fingerprint density at radius 3 is 2.30 bits per heavy atom. The SMILES string of the molecule is C=P(CC)(CC)c1ccc(-n2ccn(-c3c4c(nn3-c3cc(C)c(F)c(C)c3)CCN(C(=O)c3cc5cc(C6CCOCC6)ccc5n3[C@@]3(c5noc(=O)[nH]5)C[C@@H]3C)[C@H]4C)c2=O)c(F)c1CC. The Morgan fingerprint density at radius 2 is 1.66 bits per heavy atom. The number of aromatic nitrogens is 7. The summed E-state index contributed by atoms with van der Waals surface area (Å²) in [5.74, 6) is -0.646. The van der Waals surface area contributed by atoms with Gasteiger partial charge < -0.3 is 14.2 Å². The summed E-state index contributed by atoms with van der Waals surface area (Å²) in [5.41, 5.74) is 4.44. The number of halogens is 2. The summed E-state index contributed by atoms with van der Waals surface area (Å²) < 4.78 is 49.2. The van der Waals surface area contributed by atoms with Crippen LogP contribution in [0.15, 0.2) is 75.0 Å². The second-order valence-electron chi connectivity index (χ2n) is 18.8. The van der Waals surface area contributed by atoms with Gasteiger partial charge in [0.1, 0.15) is 22.9 Å². The van der Waals surface area contributed by atoms with Crippen molar-refractivity contribution in [3.05, 3.63) is 139 Å². The summed E-state index contributed by atoms with van der Waals surface area (Å²) >= 11 is 0. The Kier molecular flexibility index (Phi) is 11.1. The summed E-state index contributed by atoms with van der Waals surface area (Å²) in [6.07, 6.45) is 12.6. The Hall–Kier alpha value is -6.05. The van der Waals surface area contributed by atoms with Crippen LogP contribution >= 0.6 is 6.89 Å². The number of aryl methyl sites for hydroxylation is 2. The van der Waals surface area contributed by atoms with E-state index in [1.807, 2.05) is 30.5 Å². The maximum Gasteiger partial charge on any atom is 0.438 e. The number of ether oxygens (including phenoxy) is 1. The van der Waals surface area contributed by atoms with Crippen LogP contribution in [0, 0.1) is 31.4 Å². The van der Waals surface area contributed by atoms with E-state index in [0.29, 0.717) is 95.9 Å². The van der Waals surface area contributed by atoms with Gasteiger partial charge in [-0.3, -0.25) is 23.4 Å². The molecule has 7 aromatic rings. The van der Waals surface area contributed by atoms with Crippen LogP contribution in [-0.4, -0.2) is 82.8 Å². The van der Waals surface area contributed by atoms with Gasteiger partial charge in [-0.05, 0) is 135 Å². The smallest absolute Gasteiger partial charge is 0.381 e. The summed E-state index contributed by atoms with van der Waals surface area (Å²) in [5, 5.41) is 11.1. The minimum absolute atomic E-state index is 0.00917. The molecule has 13 nitrogen and oxygen atoms in total. The molecule has 0 radical (unpaired) electrons. The topological polar surface area (TPSA) is 138 Å². The molecular formula is C51H57F2N8O5P. The molecule has 1 N–H and O–H groups in total. The van der Waals surface area contributed by atoms with Gasteiger partial charge in [0.05, 0.1) is 23.1 Å². The van der Waals surface area contributed by atoms with Crippen molar-refractivity contribution in [3.8, 4) is 17.2 Å². The Labute approximate surface area is 387 Å². The first kappa shape index (κ1) is 44.8. The molecule has 350 valence electrons. The van der Waals surface area contributed by atoms with Gasteiger partial charge in [-0.2, -0.15) is 5.10 Å². The molecule has 1 amide bonds. The van der Waals surface area contributed by atoms with Crippen LogP contribution in [-0.2, 0) is 23.1 Å². The van der Waals surface area contributed by atoms with E-state index in [4.69, 9.17) is 14.4 Å². The third kappa shape index (κ3) is 6.97. The predicted molar refractivity (Wildman–Crippen MR) is 258 cm³/mol. The fraction of sp³-hybridized carbons (Fsp3) is 0.412. The zero-order valence-electron chi connectivity index (χ0n) is 39.2. The molecule has 3 aromatic carbocycles. The van der Waals surface area contributed by atoms with Gasteiger partial charge in [0.25, 0.3) is 5.91 Å². The number of carbonyl (C=O) groups excluding carboxylic acids is 1. The molecule has 2 aliphatic heterocycles. The van der Waals surface area contributed by atoms with Crippen molar-refractivity contribution in [2.45, 2.75) is 98.1 Å². The molecule has 6 heterocycles. The third-order valence-electron chi connectivity index (χ3n) is 15.2. The number of fused-ring (bicyclic) bond motifs is 2. The number of H-pyrrole nitrogens is 1. The minimum atomic E-state index is -1.86. The summed E-state index contributed by atoms with van der Waals surface area (Å²) in [6, 6.07) is 14.7. The van der Waals surface area contributed by atoms with Crippen LogP contribution in [0.5, 0.6) is 0 Å². The monoisotopic (exact) mass is 930 g/mol. The van der Waals surface area contributed by atoms with Crippen LogP contribution in [0.4, 0.5) is 8.78 Å². The molecule has 1 saturated carbocycles. The first-order valence-electron chi connectivity index (χ1n) is 23.5. The molecule has 67 heavy (non-hydrogen) atoms. The lowest BCUT2D eigenvalue weighted by Crippen LogP contribution is -2.41. The fourth-order valence-corrected chi connectivity index (χ4v) is 13.4. The molecule has 0 spiro atoms. The number of carbonyl (C=O) groups is 1. The fourth-order valence-electron chi connectivity index (χ4n) is 11.1. The lowest BCUT2D eigenvalue weighted by atomic mass is 9.91. The number of rotatable bonds is 11. The van der Waals surface area contributed by atoms with Gasteiger partial charge in [-0.1, -0.05) is 58.2 Å². The number of nitrogens with one attached hydrogen (secondary N) is 1. The lowest BCUT2D eigenvalue weighted by molar-refractivity contribution is 0.0663. The molecule has 0 bridgehead atoms. The van der Waals surface area contributed by atoms with E-state index in [0.717, 1.165) is 41.4 Å². The van der Waals surface area contributed by atoms with Crippen molar-refractivity contribution in [1.82, 2.24) is 38.5 Å². The van der Waals surface area contributed by atoms with Gasteiger partial charge in [0.2, 0.25) is 0 Å². The number of benzene rings is 3. The van der Waals surface area contributed by atoms with Crippen molar-refractivity contribution in [2.24, 2.45) is 5.92 Å². The van der Waals surface area contributed by atoms with E-state index in [1.165, 1.54) is 14.7 Å². The van der Waals surface area contributed by atoms with Crippen LogP contribution in [0.2, 0.25) is 0 Å². The molecule has 3 atom stereocenters. The summed E-state index contributed by atoms with van der Waals surface area (Å²) in [7, 11) is 0. The van der Waals surface area contributed by atoms with Gasteiger partial charge >= 0.3 is 11.4 Å². The summed E-state index contributed by atoms with van der Waals surface area (Å²) in [6.45, 7) is 13.3. The van der Waals surface area contributed by atoms with Crippen LogP contribution in [0.3, 0.4) is 0 Å². The third-order valence-corrected chi connectivity index (χ3v) is 19.0. The van der Waals surface area contributed by atoms with Gasteiger partial charge in [0, 0.05) is 55.0 Å². The summed E-state index contributed by atoms with van der Waals surface area (Å²) in [4.78, 5) is 47.5. The van der Waals surface area contributed by atoms with Crippen LogP contribution in [0.1, 0.15) is 116 Å². The second kappa shape index (κ2) is 16.6. The van der Waals surface area contributed by atoms with Gasteiger partial charge in [-0.25, -0.2) is 23.1 Å². The van der Waals surface area contributed by atoms with E-state index in [1.54, 1.807) is 54.0 Å². The molecule has 10 rings (SSSR count). The van der Waals surface area contributed by atoms with Gasteiger partial charge in [-0.15, -0.1) is 0 Å². The molecule has 0 unspecified atom stereocenters. The van der Waals surface area contributed by atoms with E-state index in [9.17, 15) is 9.59 Å². The molecule has 2 fully saturated rings. The zero-order valence-corrected chi connectivity index (χ0v) is 40.1. The second-order valence-corrected chi connectivity index (χ2v) is 22.8. The molecule has 1 aliphatic carbocycles. The first-order valence-corrected chi connectivity index (χ1v) is 25.8. The average Bonchev–Trinajstić information content (AvgIpc) is 3.82. The largest absolute Gasteiger partial charge is 0.438 e. The highest BCUT2D eigenvalue weighted by Crippen LogP contribution is 2.56. The highest BCUT2D eigenvalue weighted by Gasteiger charge is 2.59. The van der Waals surface area contributed by atoms with Crippen LogP contribution < -0.4 is 16.8 Å². The van der Waals surface area contributed by atoms with Crippen molar-refractivity contribution in [1.29, 1.82) is 0 Å². The quantitative estimate of drug-likeness (QED) is 0.129. The Balaban J connectivity index is 1.12. The van der Waals surface area contributed by atoms with E-state index >= 15 is 13.6 Å². The van der Waals surface area contributed by atoms with E-state index in [2.05, 4.69) is 55.4 Å². The maximum absolute atomic E-state index is 16.8. The molecular weight excluding hydrogens is 874 g/mol. The number of hydrogen-bond acceptors (Lipinski definition) is 7. The normalized spacial score (nSPS) is 19.9. The number of amides is 1. The Bertz CT molecular complexity index is 3260. The van der Waals surface area contributed by atoms with Crippen molar-refractivity contribution >= 4 is 35.3 Å². The molecule has 4 aromatic heterocycles. The van der Waals surface area contributed by atoms with Crippen LogP contribution in [0.25, 0.3) is 28.1 Å². The first-order chi connectivity index (χ1) is 32.1. The number of aromatic amines is 1. The van der Waals surface area contributed by atoms with Crippen molar-refractivity contribution in [2.75, 3.05) is 32.1 Å². The number of hydrogen-bond donors (Lipinski definition) is 1. The average molecular weight is 931 g/mol. The lowest BCUT2D eigenvalue weighted by Gasteiger charge is -2.34. The Morgan fingerprint density at radius 1 is 0.955 bits per heavy atom. The van der Waals surface area contributed by atoms with Gasteiger partial charge in [0.15, 0.2) is 11.6 Å². The molecule has 1 saturated heterocycles. The molecule has 16 heteroatoms. The minimum Gasteiger partial charge on any atom is -0.381 e. The van der Waals surface area contributed by atoms with Crippen molar-refractivity contribution in [3.63, 3.8) is 0 Å². The van der Waals surface area contributed by atoms with E-state index in [-0.39, 0.29) is 23.3 Å². The number of nitrogens with zero attached hydrogens (tertiary/aromatic N) is 7. The van der Waals surface area contributed by atoms with Crippen molar-refractivity contribution < 1.29 is 22.8 Å². The standard InChI is InChI=1S/C51H57F2N8O5P/c1-9-37-42(67(8,10-2)11-3)15-14-40(45(37)53)58-20-21-59(50(58)64)46-43-32(7)57(19-16-38(43)55-61(46)36-24-29(4)44(52)30(5)25-36)47(62)41-27-35-26-34(33-17-22-65-23-18-33)12-13-39(35)60(41)51(28-31(51)6)48-54-49(63)66-56-48/h12-15,20-21,24-27,31-33H,8-11,16-19,22-23,28H2,1-7H3,(H,54,56,63)/t31-,32-,51-/m0/s1.